The maximum Gasteiger partial charge on any atom is 0.317 e. The second kappa shape index (κ2) is 9.45. The molecule has 1 heterocycles. The Bertz CT molecular complexity index is 763. The largest absolute Gasteiger partial charge is 0.494 e. The molecule has 1 saturated heterocycles. The van der Waals surface area contributed by atoms with Crippen LogP contribution in [-0.4, -0.2) is 68.3 Å². The van der Waals surface area contributed by atoms with E-state index in [1.165, 1.54) is 23.6 Å². The van der Waals surface area contributed by atoms with Gasteiger partial charge in [-0.05, 0) is 44.5 Å². The number of ether oxygens (including phenoxy) is 2. The molecule has 2 rings (SSSR count). The van der Waals surface area contributed by atoms with Crippen molar-refractivity contribution in [3.05, 3.63) is 24.3 Å². The summed E-state index contributed by atoms with van der Waals surface area (Å²) < 4.78 is 33.7. The number of nitrogens with zero attached hydrogens (tertiary/aromatic N) is 1. The van der Waals surface area contributed by atoms with Crippen molar-refractivity contribution in [2.45, 2.75) is 37.3 Å². The highest BCUT2D eigenvalue weighted by Gasteiger charge is 2.34. The molecule has 1 amide bonds. The van der Waals surface area contributed by atoms with Crippen molar-refractivity contribution in [1.82, 2.24) is 4.90 Å². The van der Waals surface area contributed by atoms with Crippen LogP contribution in [-0.2, 0) is 24.2 Å². The number of benzene rings is 1. The van der Waals surface area contributed by atoms with Gasteiger partial charge in [0.05, 0.1) is 23.9 Å². The molecule has 1 aromatic carbocycles. The summed E-state index contributed by atoms with van der Waals surface area (Å²) >= 11 is 1.31. The van der Waals surface area contributed by atoms with E-state index in [0.29, 0.717) is 13.0 Å². The number of rotatable bonds is 8. The lowest BCUT2D eigenvalue weighted by Crippen LogP contribution is -2.44. The summed E-state index contributed by atoms with van der Waals surface area (Å²) in [6.07, 6.45) is -0.537. The first-order chi connectivity index (χ1) is 12.7. The van der Waals surface area contributed by atoms with Crippen molar-refractivity contribution in [2.75, 3.05) is 30.9 Å². The van der Waals surface area contributed by atoms with Crippen molar-refractivity contribution in [2.24, 2.45) is 0 Å². The third-order valence-electron chi connectivity index (χ3n) is 4.25. The van der Waals surface area contributed by atoms with Crippen molar-refractivity contribution in [3.8, 4) is 5.75 Å². The molecule has 0 N–H and O–H groups in total. The normalized spacial score (nSPS) is 19.3. The highest BCUT2D eigenvalue weighted by Crippen LogP contribution is 2.22. The summed E-state index contributed by atoms with van der Waals surface area (Å²) in [5.41, 5.74) is 0. The van der Waals surface area contributed by atoms with Crippen LogP contribution in [0.2, 0.25) is 0 Å². The number of carbonyl (C=O) groups excluding carboxylic acids is 2. The summed E-state index contributed by atoms with van der Waals surface area (Å²) in [6.45, 7) is 4.00. The summed E-state index contributed by atoms with van der Waals surface area (Å²) in [4.78, 5) is 26.7. The monoisotopic (exact) mass is 415 g/mol. The zero-order valence-electron chi connectivity index (χ0n) is 15.7. The minimum Gasteiger partial charge on any atom is -0.494 e. The van der Waals surface area contributed by atoms with Crippen molar-refractivity contribution >= 4 is 33.5 Å². The molecule has 0 aliphatic carbocycles. The molecule has 1 aromatic rings. The predicted molar refractivity (Wildman–Crippen MR) is 104 cm³/mol. The van der Waals surface area contributed by atoms with E-state index in [-0.39, 0.29) is 23.3 Å². The highest BCUT2D eigenvalue weighted by molar-refractivity contribution is 8.00. The number of esters is 1. The molecule has 0 unspecified atom stereocenters. The lowest BCUT2D eigenvalue weighted by molar-refractivity contribution is -0.157. The number of sulfone groups is 1. The van der Waals surface area contributed by atoms with Gasteiger partial charge in [-0.15, -0.1) is 11.8 Å². The third-order valence-corrected chi connectivity index (χ3v) is 6.99. The molecule has 27 heavy (non-hydrogen) atoms. The van der Waals surface area contributed by atoms with E-state index < -0.39 is 27.8 Å². The Kier molecular flexibility index (Phi) is 7.55. The molecule has 7 nitrogen and oxygen atoms in total. The molecular weight excluding hydrogens is 390 g/mol. The Balaban J connectivity index is 1.79. The van der Waals surface area contributed by atoms with Crippen LogP contribution < -0.4 is 4.74 Å². The molecule has 150 valence electrons. The first kappa shape index (κ1) is 21.6. The summed E-state index contributed by atoms with van der Waals surface area (Å²) in [6, 6.07) is 7.00. The van der Waals surface area contributed by atoms with Gasteiger partial charge in [0.2, 0.25) is 0 Å². The highest BCUT2D eigenvalue weighted by atomic mass is 32.2. The fraction of sp³-hybridized carbons (Fsp3) is 0.556. The molecule has 1 aliphatic heterocycles. The minimum atomic E-state index is -3.08. The van der Waals surface area contributed by atoms with Crippen LogP contribution in [0.5, 0.6) is 5.75 Å². The van der Waals surface area contributed by atoms with E-state index in [1.54, 1.807) is 7.05 Å². The lowest BCUT2D eigenvalue weighted by atomic mass is 10.2. The van der Waals surface area contributed by atoms with Gasteiger partial charge in [-0.25, -0.2) is 8.42 Å². The molecule has 0 bridgehead atoms. The van der Waals surface area contributed by atoms with Crippen LogP contribution >= 0.6 is 11.8 Å². The van der Waals surface area contributed by atoms with E-state index in [1.807, 2.05) is 31.2 Å². The first-order valence-corrected chi connectivity index (χ1v) is 11.5. The SMILES string of the molecule is CCOc1ccc(SCC(=O)O[C@@H](C)C(=O)N(C)[C@@H]2CCS(=O)(=O)C2)cc1. The fourth-order valence-corrected chi connectivity index (χ4v) is 5.23. The minimum absolute atomic E-state index is 0.0382. The van der Waals surface area contributed by atoms with Crippen LogP contribution in [0.4, 0.5) is 0 Å². The van der Waals surface area contributed by atoms with Gasteiger partial charge < -0.3 is 14.4 Å². The van der Waals surface area contributed by atoms with Crippen molar-refractivity contribution in [3.63, 3.8) is 0 Å². The van der Waals surface area contributed by atoms with E-state index >= 15 is 0 Å². The average molecular weight is 416 g/mol. The topological polar surface area (TPSA) is 90.0 Å². The van der Waals surface area contributed by atoms with Gasteiger partial charge in [-0.2, -0.15) is 0 Å². The van der Waals surface area contributed by atoms with E-state index in [4.69, 9.17) is 9.47 Å². The maximum absolute atomic E-state index is 12.4. The van der Waals surface area contributed by atoms with Gasteiger partial charge in [-0.3, -0.25) is 9.59 Å². The number of thioether (sulfide) groups is 1. The number of carbonyl (C=O) groups is 2. The Labute approximate surface area is 164 Å². The summed E-state index contributed by atoms with van der Waals surface area (Å²) in [5.74, 6) is -0.00183. The number of amides is 1. The zero-order chi connectivity index (χ0) is 20.0. The van der Waals surface area contributed by atoms with Gasteiger partial charge in [0.25, 0.3) is 5.91 Å². The molecule has 0 saturated carbocycles. The number of hydrogen-bond acceptors (Lipinski definition) is 7. The quantitative estimate of drug-likeness (QED) is 0.472. The van der Waals surface area contributed by atoms with Crippen LogP contribution in [0.15, 0.2) is 29.2 Å². The average Bonchev–Trinajstić information content (AvgIpc) is 3.00. The Morgan fingerprint density at radius 1 is 1.30 bits per heavy atom. The predicted octanol–water partition coefficient (Wildman–Crippen LogP) is 1.75. The van der Waals surface area contributed by atoms with Gasteiger partial charge in [0.1, 0.15) is 5.75 Å². The first-order valence-electron chi connectivity index (χ1n) is 8.74. The van der Waals surface area contributed by atoms with Crippen molar-refractivity contribution in [1.29, 1.82) is 0 Å². The molecular formula is C18H25NO6S2. The number of likely N-dealkylation sites (N-methyl/N-ethyl adjacent to an activating group) is 1. The molecule has 2 atom stereocenters. The summed E-state index contributed by atoms with van der Waals surface area (Å²) in [7, 11) is -1.53. The lowest BCUT2D eigenvalue weighted by Gasteiger charge is -2.26. The molecule has 0 radical (unpaired) electrons. The molecule has 1 fully saturated rings. The Hall–Kier alpha value is -1.74. The summed E-state index contributed by atoms with van der Waals surface area (Å²) in [5, 5.41) is 0. The fourth-order valence-electron chi connectivity index (χ4n) is 2.77. The smallest absolute Gasteiger partial charge is 0.317 e. The standard InChI is InChI=1S/C18H25NO6S2/c1-4-24-15-5-7-16(8-6-15)26-11-17(20)25-13(2)18(21)19(3)14-9-10-27(22,23)12-14/h5-8,13-14H,4,9-12H2,1-3H3/t13-,14+/m0/s1. The van der Waals surface area contributed by atoms with E-state index in [0.717, 1.165) is 10.6 Å². The van der Waals surface area contributed by atoms with Crippen molar-refractivity contribution < 1.29 is 27.5 Å². The Morgan fingerprint density at radius 3 is 2.52 bits per heavy atom. The van der Waals surface area contributed by atoms with Gasteiger partial charge in [0, 0.05) is 18.0 Å². The van der Waals surface area contributed by atoms with Crippen LogP contribution in [0.1, 0.15) is 20.3 Å². The van der Waals surface area contributed by atoms with Gasteiger partial charge in [0.15, 0.2) is 15.9 Å². The van der Waals surface area contributed by atoms with Crippen LogP contribution in [0.3, 0.4) is 0 Å². The van der Waals surface area contributed by atoms with E-state index in [2.05, 4.69) is 0 Å². The zero-order valence-corrected chi connectivity index (χ0v) is 17.3. The van der Waals surface area contributed by atoms with Crippen LogP contribution in [0.25, 0.3) is 0 Å². The molecule has 0 aromatic heterocycles. The van der Waals surface area contributed by atoms with E-state index in [9.17, 15) is 18.0 Å². The maximum atomic E-state index is 12.4. The number of hydrogen-bond donors (Lipinski definition) is 0. The third kappa shape index (κ3) is 6.42. The molecule has 1 aliphatic rings. The second-order valence-corrected chi connectivity index (χ2v) is 9.61. The van der Waals surface area contributed by atoms with Crippen LogP contribution in [0, 0.1) is 0 Å². The Morgan fingerprint density at radius 2 is 1.96 bits per heavy atom. The molecule has 0 spiro atoms. The van der Waals surface area contributed by atoms with Gasteiger partial charge in [-0.1, -0.05) is 0 Å². The van der Waals surface area contributed by atoms with Gasteiger partial charge >= 0.3 is 5.97 Å². The second-order valence-electron chi connectivity index (χ2n) is 6.33. The molecule has 9 heteroatoms.